The summed E-state index contributed by atoms with van der Waals surface area (Å²) in [5.74, 6) is 1.04. The lowest BCUT2D eigenvalue weighted by atomic mass is 10.2. The van der Waals surface area contributed by atoms with Gasteiger partial charge in [-0.15, -0.1) is 0 Å². The molecule has 1 unspecified atom stereocenters. The molecular formula is C10H14N4. The molecule has 4 nitrogen and oxygen atoms in total. The molecule has 1 atom stereocenters. The zero-order valence-electron chi connectivity index (χ0n) is 8.44. The minimum absolute atomic E-state index is 0.217. The second-order valence-corrected chi connectivity index (χ2v) is 3.57. The average molecular weight is 190 g/mol. The van der Waals surface area contributed by atoms with Gasteiger partial charge in [-0.1, -0.05) is 13.0 Å². The minimum atomic E-state index is 0.217. The largest absolute Gasteiger partial charge is 0.330 e. The van der Waals surface area contributed by atoms with E-state index in [1.165, 1.54) is 0 Å². The number of aryl methyl sites for hydroxylation is 1. The molecule has 0 spiro atoms. The van der Waals surface area contributed by atoms with Gasteiger partial charge in [0.2, 0.25) is 0 Å². The molecule has 0 aromatic carbocycles. The molecule has 74 valence electrons. The lowest BCUT2D eigenvalue weighted by Crippen LogP contribution is -2.10. The molecule has 0 aliphatic carbocycles. The second kappa shape index (κ2) is 3.38. The standard InChI is InChI=1S/C10H14N4/c1-7-4-3-5-14-10(7)12-9(13-14)8(2)6-11/h3-5,8H,6,11H2,1-2H3. The lowest BCUT2D eigenvalue weighted by Gasteiger charge is -1.99. The quantitative estimate of drug-likeness (QED) is 0.771. The van der Waals surface area contributed by atoms with Crippen molar-refractivity contribution in [3.63, 3.8) is 0 Å². The molecule has 0 aliphatic rings. The fourth-order valence-electron chi connectivity index (χ4n) is 1.37. The summed E-state index contributed by atoms with van der Waals surface area (Å²) in [5, 5.41) is 4.37. The van der Waals surface area contributed by atoms with Crippen molar-refractivity contribution in [2.24, 2.45) is 5.73 Å². The van der Waals surface area contributed by atoms with Crippen LogP contribution >= 0.6 is 0 Å². The summed E-state index contributed by atoms with van der Waals surface area (Å²) in [4.78, 5) is 4.45. The van der Waals surface area contributed by atoms with E-state index in [-0.39, 0.29) is 5.92 Å². The van der Waals surface area contributed by atoms with Crippen molar-refractivity contribution in [1.82, 2.24) is 14.6 Å². The van der Waals surface area contributed by atoms with Gasteiger partial charge in [-0.3, -0.25) is 0 Å². The van der Waals surface area contributed by atoms with Crippen LogP contribution < -0.4 is 5.73 Å². The monoisotopic (exact) mass is 190 g/mol. The van der Waals surface area contributed by atoms with Crippen molar-refractivity contribution >= 4 is 5.65 Å². The molecular weight excluding hydrogens is 176 g/mol. The zero-order valence-corrected chi connectivity index (χ0v) is 8.44. The maximum Gasteiger partial charge on any atom is 0.158 e. The third kappa shape index (κ3) is 1.37. The number of nitrogens with two attached hydrogens (primary N) is 1. The molecule has 2 aromatic rings. The SMILES string of the molecule is Cc1cccn2nc(C(C)CN)nc12. The summed E-state index contributed by atoms with van der Waals surface area (Å²) in [6.45, 7) is 4.64. The predicted octanol–water partition coefficient (Wildman–Crippen LogP) is 1.10. The van der Waals surface area contributed by atoms with Crippen LogP contribution in [0.4, 0.5) is 0 Å². The van der Waals surface area contributed by atoms with Gasteiger partial charge in [0.25, 0.3) is 0 Å². The van der Waals surface area contributed by atoms with Crippen LogP contribution in [0.2, 0.25) is 0 Å². The van der Waals surface area contributed by atoms with Crippen LogP contribution in [0.15, 0.2) is 18.3 Å². The third-order valence-corrected chi connectivity index (χ3v) is 2.37. The molecule has 0 saturated carbocycles. The smallest absolute Gasteiger partial charge is 0.158 e. The number of nitrogens with zero attached hydrogens (tertiary/aromatic N) is 3. The van der Waals surface area contributed by atoms with Gasteiger partial charge in [0, 0.05) is 18.7 Å². The van der Waals surface area contributed by atoms with Crippen molar-refractivity contribution in [3.05, 3.63) is 29.7 Å². The molecule has 0 bridgehead atoms. The van der Waals surface area contributed by atoms with Crippen molar-refractivity contribution in [2.75, 3.05) is 6.54 Å². The summed E-state index contributed by atoms with van der Waals surface area (Å²) in [7, 11) is 0. The predicted molar refractivity (Wildman–Crippen MR) is 55.2 cm³/mol. The van der Waals surface area contributed by atoms with E-state index in [0.717, 1.165) is 17.0 Å². The Bertz CT molecular complexity index is 446. The van der Waals surface area contributed by atoms with Crippen molar-refractivity contribution in [1.29, 1.82) is 0 Å². The first-order chi connectivity index (χ1) is 6.72. The van der Waals surface area contributed by atoms with Crippen LogP contribution in [0.1, 0.15) is 24.2 Å². The van der Waals surface area contributed by atoms with Crippen molar-refractivity contribution in [3.8, 4) is 0 Å². The Kier molecular flexibility index (Phi) is 2.21. The van der Waals surface area contributed by atoms with Crippen molar-refractivity contribution < 1.29 is 0 Å². The molecule has 0 fully saturated rings. The normalized spacial score (nSPS) is 13.4. The fourth-order valence-corrected chi connectivity index (χ4v) is 1.37. The summed E-state index contributed by atoms with van der Waals surface area (Å²) in [6.07, 6.45) is 1.90. The van der Waals surface area contributed by atoms with Crippen LogP contribution in [0.25, 0.3) is 5.65 Å². The van der Waals surface area contributed by atoms with E-state index in [4.69, 9.17) is 5.73 Å². The van der Waals surface area contributed by atoms with Gasteiger partial charge in [-0.2, -0.15) is 5.10 Å². The molecule has 0 aliphatic heterocycles. The summed E-state index contributed by atoms with van der Waals surface area (Å²) >= 11 is 0. The Labute approximate surface area is 82.8 Å². The Morgan fingerprint density at radius 3 is 3.00 bits per heavy atom. The van der Waals surface area contributed by atoms with E-state index in [1.54, 1.807) is 4.52 Å². The zero-order chi connectivity index (χ0) is 10.1. The van der Waals surface area contributed by atoms with Crippen LogP contribution in [-0.4, -0.2) is 21.1 Å². The highest BCUT2D eigenvalue weighted by Gasteiger charge is 2.10. The van der Waals surface area contributed by atoms with Gasteiger partial charge in [0.15, 0.2) is 11.5 Å². The topological polar surface area (TPSA) is 56.2 Å². The van der Waals surface area contributed by atoms with Crippen molar-refractivity contribution in [2.45, 2.75) is 19.8 Å². The van der Waals surface area contributed by atoms with Gasteiger partial charge in [-0.05, 0) is 18.6 Å². The fraction of sp³-hybridized carbons (Fsp3) is 0.400. The van der Waals surface area contributed by atoms with Crippen LogP contribution in [0.5, 0.6) is 0 Å². The molecule has 14 heavy (non-hydrogen) atoms. The molecule has 0 saturated heterocycles. The van der Waals surface area contributed by atoms with E-state index < -0.39 is 0 Å². The molecule has 2 N–H and O–H groups in total. The van der Waals surface area contributed by atoms with Gasteiger partial charge < -0.3 is 5.73 Å². The van der Waals surface area contributed by atoms with E-state index in [0.29, 0.717) is 6.54 Å². The molecule has 2 aromatic heterocycles. The van der Waals surface area contributed by atoms with Crippen LogP contribution in [0, 0.1) is 6.92 Å². The van der Waals surface area contributed by atoms with Crippen LogP contribution in [-0.2, 0) is 0 Å². The van der Waals surface area contributed by atoms with E-state index in [1.807, 2.05) is 32.2 Å². The third-order valence-electron chi connectivity index (χ3n) is 2.37. The minimum Gasteiger partial charge on any atom is -0.330 e. The maximum absolute atomic E-state index is 5.57. The van der Waals surface area contributed by atoms with Gasteiger partial charge in [-0.25, -0.2) is 9.50 Å². The number of hydrogen-bond donors (Lipinski definition) is 1. The summed E-state index contributed by atoms with van der Waals surface area (Å²) in [5.41, 5.74) is 7.63. The first kappa shape index (κ1) is 9.15. The second-order valence-electron chi connectivity index (χ2n) is 3.57. The van der Waals surface area contributed by atoms with Crippen LogP contribution in [0.3, 0.4) is 0 Å². The van der Waals surface area contributed by atoms with E-state index in [9.17, 15) is 0 Å². The Hall–Kier alpha value is -1.42. The highest BCUT2D eigenvalue weighted by Crippen LogP contribution is 2.12. The molecule has 0 amide bonds. The number of hydrogen-bond acceptors (Lipinski definition) is 3. The number of pyridine rings is 1. The lowest BCUT2D eigenvalue weighted by molar-refractivity contribution is 0.708. The summed E-state index contributed by atoms with van der Waals surface area (Å²) < 4.78 is 1.80. The Morgan fingerprint density at radius 1 is 1.57 bits per heavy atom. The van der Waals surface area contributed by atoms with E-state index in [2.05, 4.69) is 10.1 Å². The highest BCUT2D eigenvalue weighted by molar-refractivity contribution is 5.45. The first-order valence-corrected chi connectivity index (χ1v) is 4.74. The summed E-state index contributed by atoms with van der Waals surface area (Å²) in [6, 6.07) is 3.99. The maximum atomic E-state index is 5.57. The molecule has 4 heteroatoms. The Balaban J connectivity index is 2.56. The first-order valence-electron chi connectivity index (χ1n) is 4.74. The number of aromatic nitrogens is 3. The molecule has 0 radical (unpaired) electrons. The molecule has 2 heterocycles. The Morgan fingerprint density at radius 2 is 2.36 bits per heavy atom. The average Bonchev–Trinajstić information content (AvgIpc) is 2.62. The van der Waals surface area contributed by atoms with Gasteiger partial charge in [0.1, 0.15) is 0 Å². The van der Waals surface area contributed by atoms with Gasteiger partial charge in [0.05, 0.1) is 0 Å². The molecule has 2 rings (SSSR count). The van der Waals surface area contributed by atoms with Gasteiger partial charge >= 0.3 is 0 Å². The highest BCUT2D eigenvalue weighted by atomic mass is 15.3. The number of fused-ring (bicyclic) bond motifs is 1. The van der Waals surface area contributed by atoms with E-state index >= 15 is 0 Å². The number of rotatable bonds is 2.